The Hall–Kier alpha value is -2.89. The van der Waals surface area contributed by atoms with Crippen LogP contribution in [0, 0.1) is 6.92 Å². The number of anilines is 1. The number of hydrogen-bond donors (Lipinski definition) is 0. The van der Waals surface area contributed by atoms with E-state index in [1.54, 1.807) is 11.3 Å². The molecule has 0 saturated carbocycles. The minimum atomic E-state index is 0.0891. The summed E-state index contributed by atoms with van der Waals surface area (Å²) >= 11 is 7.93. The molecule has 0 radical (unpaired) electrons. The van der Waals surface area contributed by atoms with Crippen molar-refractivity contribution in [2.75, 3.05) is 31.1 Å². The van der Waals surface area contributed by atoms with Gasteiger partial charge in [0.15, 0.2) is 5.13 Å². The van der Waals surface area contributed by atoms with Gasteiger partial charge in [0.05, 0.1) is 10.2 Å². The first kappa shape index (κ1) is 20.0. The fourth-order valence-electron chi connectivity index (χ4n) is 3.94. The highest BCUT2D eigenvalue weighted by molar-refractivity contribution is 7.22. The molecule has 3 aromatic carbocycles. The maximum absolute atomic E-state index is 13.0. The molecule has 0 spiro atoms. The number of benzene rings is 3. The van der Waals surface area contributed by atoms with Crippen molar-refractivity contribution in [3.63, 3.8) is 0 Å². The van der Waals surface area contributed by atoms with E-state index in [0.29, 0.717) is 13.1 Å². The van der Waals surface area contributed by atoms with Crippen LogP contribution in [0.5, 0.6) is 0 Å². The number of piperazine rings is 1. The van der Waals surface area contributed by atoms with Gasteiger partial charge in [-0.15, -0.1) is 0 Å². The van der Waals surface area contributed by atoms with Gasteiger partial charge in [-0.2, -0.15) is 0 Å². The standard InChI is InChI=1S/C25H22ClN3OS/c1-17-21(26)11-12-22-23(17)27-25(31-22)29-15-13-28(14-16-29)24(30)20-9-7-19(8-10-20)18-5-3-2-4-6-18/h2-12H,13-16H2,1H3. The third kappa shape index (κ3) is 3.91. The van der Waals surface area contributed by atoms with Crippen LogP contribution in [-0.2, 0) is 0 Å². The Morgan fingerprint density at radius 3 is 2.29 bits per heavy atom. The van der Waals surface area contributed by atoms with Crippen molar-refractivity contribution in [2.45, 2.75) is 6.92 Å². The van der Waals surface area contributed by atoms with E-state index in [4.69, 9.17) is 16.6 Å². The molecule has 5 rings (SSSR count). The number of halogens is 1. The van der Waals surface area contributed by atoms with Gasteiger partial charge in [-0.3, -0.25) is 4.79 Å². The van der Waals surface area contributed by atoms with Crippen molar-refractivity contribution < 1.29 is 4.79 Å². The van der Waals surface area contributed by atoms with Crippen LogP contribution in [0.3, 0.4) is 0 Å². The van der Waals surface area contributed by atoms with Crippen LogP contribution in [0.4, 0.5) is 5.13 Å². The second-order valence-corrected chi connectivity index (χ2v) is 9.15. The van der Waals surface area contributed by atoms with Gasteiger partial charge < -0.3 is 9.80 Å². The summed E-state index contributed by atoms with van der Waals surface area (Å²) in [5.41, 5.74) is 5.01. The highest BCUT2D eigenvalue weighted by Crippen LogP contribution is 2.34. The maximum Gasteiger partial charge on any atom is 0.253 e. The fourth-order valence-corrected chi connectivity index (χ4v) is 5.17. The Bertz CT molecular complexity index is 1230. The molecule has 0 unspecified atom stereocenters. The van der Waals surface area contributed by atoms with Gasteiger partial charge in [0.2, 0.25) is 0 Å². The molecule has 4 aromatic rings. The maximum atomic E-state index is 13.0. The minimum Gasteiger partial charge on any atom is -0.345 e. The summed E-state index contributed by atoms with van der Waals surface area (Å²) in [6.07, 6.45) is 0. The van der Waals surface area contributed by atoms with Crippen LogP contribution < -0.4 is 4.90 Å². The summed E-state index contributed by atoms with van der Waals surface area (Å²) in [5, 5.41) is 1.75. The molecule has 31 heavy (non-hydrogen) atoms. The largest absolute Gasteiger partial charge is 0.345 e. The number of fused-ring (bicyclic) bond motifs is 1. The molecular weight excluding hydrogens is 426 g/mol. The lowest BCUT2D eigenvalue weighted by Crippen LogP contribution is -2.48. The van der Waals surface area contributed by atoms with Gasteiger partial charge in [-0.25, -0.2) is 4.98 Å². The normalized spacial score (nSPS) is 14.3. The Labute approximate surface area is 190 Å². The number of aryl methyl sites for hydroxylation is 1. The highest BCUT2D eigenvalue weighted by atomic mass is 35.5. The van der Waals surface area contributed by atoms with E-state index in [0.717, 1.165) is 55.7 Å². The summed E-state index contributed by atoms with van der Waals surface area (Å²) < 4.78 is 1.15. The second kappa shape index (κ2) is 8.33. The van der Waals surface area contributed by atoms with Gasteiger partial charge >= 0.3 is 0 Å². The molecule has 1 aliphatic rings. The SMILES string of the molecule is Cc1c(Cl)ccc2sc(N3CCN(C(=O)c4ccc(-c5ccccc5)cc4)CC3)nc12. The molecule has 1 amide bonds. The van der Waals surface area contributed by atoms with Crippen LogP contribution in [-0.4, -0.2) is 42.0 Å². The molecule has 1 aliphatic heterocycles. The summed E-state index contributed by atoms with van der Waals surface area (Å²) in [7, 11) is 0. The van der Waals surface area contributed by atoms with Crippen LogP contribution in [0.15, 0.2) is 66.7 Å². The Morgan fingerprint density at radius 2 is 1.58 bits per heavy atom. The quantitative estimate of drug-likeness (QED) is 0.393. The monoisotopic (exact) mass is 447 g/mol. The number of thiazole rings is 1. The fraction of sp³-hybridized carbons (Fsp3) is 0.200. The molecule has 0 aliphatic carbocycles. The number of carbonyl (C=O) groups is 1. The Kier molecular flexibility index (Phi) is 5.38. The van der Waals surface area contributed by atoms with Crippen molar-refractivity contribution >= 4 is 44.2 Å². The number of amides is 1. The van der Waals surface area contributed by atoms with Crippen molar-refractivity contribution in [3.05, 3.63) is 82.9 Å². The van der Waals surface area contributed by atoms with Crippen LogP contribution in [0.2, 0.25) is 5.02 Å². The van der Waals surface area contributed by atoms with Gasteiger partial charge in [0, 0.05) is 36.8 Å². The first-order chi connectivity index (χ1) is 15.1. The molecule has 1 aromatic heterocycles. The van der Waals surface area contributed by atoms with Gasteiger partial charge in [0.25, 0.3) is 5.91 Å². The van der Waals surface area contributed by atoms with Crippen LogP contribution >= 0.6 is 22.9 Å². The smallest absolute Gasteiger partial charge is 0.253 e. The molecule has 6 heteroatoms. The van der Waals surface area contributed by atoms with Crippen molar-refractivity contribution in [3.8, 4) is 11.1 Å². The highest BCUT2D eigenvalue weighted by Gasteiger charge is 2.24. The molecule has 0 N–H and O–H groups in total. The van der Waals surface area contributed by atoms with Crippen LogP contribution in [0.25, 0.3) is 21.3 Å². The zero-order valence-electron chi connectivity index (χ0n) is 17.2. The summed E-state index contributed by atoms with van der Waals surface area (Å²) in [6.45, 7) is 4.94. The molecule has 0 atom stereocenters. The minimum absolute atomic E-state index is 0.0891. The van der Waals surface area contributed by atoms with Crippen molar-refractivity contribution in [1.82, 2.24) is 9.88 Å². The van der Waals surface area contributed by atoms with Crippen molar-refractivity contribution in [1.29, 1.82) is 0 Å². The van der Waals surface area contributed by atoms with Gasteiger partial charge in [0.1, 0.15) is 0 Å². The number of carbonyl (C=O) groups excluding carboxylic acids is 1. The molecule has 1 fully saturated rings. The molecule has 4 nitrogen and oxygen atoms in total. The molecule has 1 saturated heterocycles. The molecule has 2 heterocycles. The van der Waals surface area contributed by atoms with E-state index >= 15 is 0 Å². The molecule has 156 valence electrons. The number of nitrogens with zero attached hydrogens (tertiary/aromatic N) is 3. The zero-order chi connectivity index (χ0) is 21.4. The van der Waals surface area contributed by atoms with Crippen LogP contribution in [0.1, 0.15) is 15.9 Å². The first-order valence-corrected chi connectivity index (χ1v) is 11.5. The van der Waals surface area contributed by atoms with E-state index < -0.39 is 0 Å². The average molecular weight is 448 g/mol. The predicted molar refractivity (Wildman–Crippen MR) is 129 cm³/mol. The molecule has 0 bridgehead atoms. The van der Waals surface area contributed by atoms with E-state index in [1.807, 2.05) is 66.4 Å². The number of hydrogen-bond acceptors (Lipinski definition) is 4. The van der Waals surface area contributed by atoms with E-state index in [2.05, 4.69) is 17.0 Å². The predicted octanol–water partition coefficient (Wildman–Crippen LogP) is 5.89. The second-order valence-electron chi connectivity index (χ2n) is 7.74. The number of rotatable bonds is 3. The summed E-state index contributed by atoms with van der Waals surface area (Å²) in [6, 6.07) is 22.1. The Balaban J connectivity index is 1.26. The van der Waals surface area contributed by atoms with E-state index in [9.17, 15) is 4.79 Å². The number of aromatic nitrogens is 1. The third-order valence-corrected chi connectivity index (χ3v) is 7.30. The van der Waals surface area contributed by atoms with Crippen molar-refractivity contribution in [2.24, 2.45) is 0 Å². The first-order valence-electron chi connectivity index (χ1n) is 10.4. The average Bonchev–Trinajstić information content (AvgIpc) is 3.27. The summed E-state index contributed by atoms with van der Waals surface area (Å²) in [5.74, 6) is 0.0891. The lowest BCUT2D eigenvalue weighted by molar-refractivity contribution is 0.0747. The third-order valence-electron chi connectivity index (χ3n) is 5.81. The Morgan fingerprint density at radius 1 is 0.903 bits per heavy atom. The lowest BCUT2D eigenvalue weighted by atomic mass is 10.0. The summed E-state index contributed by atoms with van der Waals surface area (Å²) in [4.78, 5) is 22.0. The van der Waals surface area contributed by atoms with E-state index in [1.165, 1.54) is 0 Å². The topological polar surface area (TPSA) is 36.4 Å². The van der Waals surface area contributed by atoms with Gasteiger partial charge in [-0.1, -0.05) is 65.4 Å². The zero-order valence-corrected chi connectivity index (χ0v) is 18.8. The van der Waals surface area contributed by atoms with E-state index in [-0.39, 0.29) is 5.91 Å². The molecular formula is C25H22ClN3OS. The van der Waals surface area contributed by atoms with Gasteiger partial charge in [-0.05, 0) is 47.9 Å². The lowest BCUT2D eigenvalue weighted by Gasteiger charge is -2.34.